The monoisotopic (exact) mass is 543 g/mol. The number of nitrogens with zero attached hydrogens (tertiary/aromatic N) is 7. The molecule has 0 spiro atoms. The van der Waals surface area contributed by atoms with Gasteiger partial charge >= 0.3 is 0 Å². The maximum atomic E-state index is 14.0. The molecule has 0 N–H and O–H groups in total. The van der Waals surface area contributed by atoms with Crippen LogP contribution < -0.4 is 9.64 Å². The molecule has 1 aliphatic carbocycles. The number of carbonyl (C=O) groups excluding carboxylic acids is 1. The molecular weight excluding hydrogens is 506 g/mol. The number of aromatic nitrogens is 5. The molecule has 3 aromatic rings. The van der Waals surface area contributed by atoms with Gasteiger partial charge in [0.15, 0.2) is 0 Å². The molecule has 6 heterocycles. The molecule has 10 heteroatoms. The van der Waals surface area contributed by atoms with Crippen LogP contribution in [0.15, 0.2) is 24.5 Å². The highest BCUT2D eigenvalue weighted by Gasteiger charge is 2.44. The number of aryl methyl sites for hydroxylation is 1. The maximum Gasteiger partial charge on any atom is 0.260 e. The molecule has 210 valence electrons. The highest BCUT2D eigenvalue weighted by molar-refractivity contribution is 6.10. The van der Waals surface area contributed by atoms with Gasteiger partial charge in [-0.3, -0.25) is 19.6 Å². The van der Waals surface area contributed by atoms with Crippen molar-refractivity contribution in [1.82, 2.24) is 29.6 Å². The average Bonchev–Trinajstić information content (AvgIpc) is 3.63. The van der Waals surface area contributed by atoms with Gasteiger partial charge in [0.25, 0.3) is 5.91 Å². The van der Waals surface area contributed by atoms with E-state index in [1.54, 1.807) is 6.33 Å². The van der Waals surface area contributed by atoms with Crippen LogP contribution in [-0.4, -0.2) is 68.4 Å². The Bertz CT molecular complexity index is 1420. The standard InChI is InChI=1S/C30H37N7O3/c1-3-40-27-12-21(30(17-39-18-30)14-26-34-31-19-35(26)2)11-25(33-27)37-16-24-23(29(37)38)13-22(32-28(24)20-7-8-20)15-36-9-5-4-6-10-36/h11-13,19-20H,3-10,14-18H2,1-2H3. The first-order valence-corrected chi connectivity index (χ1v) is 14.7. The highest BCUT2D eigenvalue weighted by atomic mass is 16.5. The van der Waals surface area contributed by atoms with Crippen molar-refractivity contribution >= 4 is 11.7 Å². The van der Waals surface area contributed by atoms with Crippen LogP contribution in [0.2, 0.25) is 0 Å². The molecule has 0 aromatic carbocycles. The Hall–Kier alpha value is -3.37. The minimum absolute atomic E-state index is 0.00139. The lowest BCUT2D eigenvalue weighted by atomic mass is 9.75. The van der Waals surface area contributed by atoms with Gasteiger partial charge in [0.2, 0.25) is 5.88 Å². The number of fused-ring (bicyclic) bond motifs is 1. The summed E-state index contributed by atoms with van der Waals surface area (Å²) < 4.78 is 13.6. The van der Waals surface area contributed by atoms with Crippen molar-refractivity contribution in [3.8, 4) is 5.88 Å². The molecule has 0 bridgehead atoms. The van der Waals surface area contributed by atoms with Gasteiger partial charge in [-0.2, -0.15) is 4.98 Å². The van der Waals surface area contributed by atoms with Crippen molar-refractivity contribution in [3.05, 3.63) is 58.4 Å². The molecule has 40 heavy (non-hydrogen) atoms. The molecule has 3 aliphatic heterocycles. The second kappa shape index (κ2) is 10.2. The smallest absolute Gasteiger partial charge is 0.260 e. The first kappa shape index (κ1) is 25.6. The topological polar surface area (TPSA) is 98.5 Å². The van der Waals surface area contributed by atoms with Gasteiger partial charge in [-0.25, -0.2) is 0 Å². The lowest BCUT2D eigenvalue weighted by molar-refractivity contribution is -0.0612. The first-order chi connectivity index (χ1) is 19.5. The zero-order valence-electron chi connectivity index (χ0n) is 23.4. The van der Waals surface area contributed by atoms with Crippen LogP contribution in [0.25, 0.3) is 0 Å². The molecule has 0 radical (unpaired) electrons. The van der Waals surface area contributed by atoms with E-state index in [0.29, 0.717) is 50.4 Å². The quantitative estimate of drug-likeness (QED) is 0.404. The summed E-state index contributed by atoms with van der Waals surface area (Å²) in [5, 5.41) is 8.39. The number of hydrogen-bond acceptors (Lipinski definition) is 8. The molecular formula is C30H37N7O3. The van der Waals surface area contributed by atoms with Crippen LogP contribution in [0.3, 0.4) is 0 Å². The molecule has 1 saturated carbocycles. The van der Waals surface area contributed by atoms with E-state index in [9.17, 15) is 4.79 Å². The fourth-order valence-corrected chi connectivity index (χ4v) is 6.33. The van der Waals surface area contributed by atoms with E-state index < -0.39 is 0 Å². The Morgan fingerprint density at radius 3 is 2.60 bits per heavy atom. The highest BCUT2D eigenvalue weighted by Crippen LogP contribution is 2.45. The summed E-state index contributed by atoms with van der Waals surface area (Å²) in [6.07, 6.45) is 8.47. The summed E-state index contributed by atoms with van der Waals surface area (Å²) in [4.78, 5) is 28.2. The Morgan fingerprint density at radius 1 is 1.10 bits per heavy atom. The lowest BCUT2D eigenvalue weighted by Gasteiger charge is -2.42. The van der Waals surface area contributed by atoms with E-state index in [1.165, 1.54) is 19.3 Å². The third kappa shape index (κ3) is 4.66. The van der Waals surface area contributed by atoms with E-state index in [1.807, 2.05) is 41.6 Å². The fraction of sp³-hybridized carbons (Fsp3) is 0.567. The Kier molecular flexibility index (Phi) is 6.54. The molecule has 7 rings (SSSR count). The second-order valence-electron chi connectivity index (χ2n) is 11.8. The molecule has 3 fully saturated rings. The number of rotatable bonds is 9. The molecule has 3 aromatic heterocycles. The molecule has 2 saturated heterocycles. The molecule has 0 unspecified atom stereocenters. The SMILES string of the molecule is CCOc1cc(C2(Cc3nncn3C)COC2)cc(N2Cc3c(cc(CN4CCCCC4)nc3C3CC3)C2=O)n1. The van der Waals surface area contributed by atoms with Gasteiger partial charge in [0, 0.05) is 54.2 Å². The van der Waals surface area contributed by atoms with Crippen LogP contribution in [0, 0.1) is 0 Å². The van der Waals surface area contributed by atoms with Crippen molar-refractivity contribution in [2.45, 2.75) is 69.9 Å². The number of hydrogen-bond donors (Lipinski definition) is 0. The fourth-order valence-electron chi connectivity index (χ4n) is 6.33. The third-order valence-electron chi connectivity index (χ3n) is 8.83. The van der Waals surface area contributed by atoms with Gasteiger partial charge in [-0.15, -0.1) is 10.2 Å². The van der Waals surface area contributed by atoms with E-state index in [4.69, 9.17) is 19.4 Å². The molecule has 10 nitrogen and oxygen atoms in total. The number of carbonyl (C=O) groups is 1. The normalized spacial score (nSPS) is 20.4. The summed E-state index contributed by atoms with van der Waals surface area (Å²) >= 11 is 0. The van der Waals surface area contributed by atoms with Gasteiger partial charge in [0.05, 0.1) is 32.1 Å². The number of anilines is 1. The van der Waals surface area contributed by atoms with Crippen LogP contribution in [-0.2, 0) is 36.7 Å². The van der Waals surface area contributed by atoms with Gasteiger partial charge in [-0.1, -0.05) is 6.42 Å². The number of amides is 1. The average molecular weight is 544 g/mol. The van der Waals surface area contributed by atoms with Crippen molar-refractivity contribution in [3.63, 3.8) is 0 Å². The Labute approximate surface area is 234 Å². The summed E-state index contributed by atoms with van der Waals surface area (Å²) in [7, 11) is 1.96. The maximum absolute atomic E-state index is 14.0. The van der Waals surface area contributed by atoms with Crippen LogP contribution in [0.1, 0.15) is 83.6 Å². The summed E-state index contributed by atoms with van der Waals surface area (Å²) in [6.45, 7) is 7.09. The van der Waals surface area contributed by atoms with E-state index in [2.05, 4.69) is 15.1 Å². The third-order valence-corrected chi connectivity index (χ3v) is 8.83. The van der Waals surface area contributed by atoms with E-state index in [0.717, 1.165) is 66.4 Å². The minimum Gasteiger partial charge on any atom is -0.478 e. The van der Waals surface area contributed by atoms with E-state index >= 15 is 0 Å². The first-order valence-electron chi connectivity index (χ1n) is 14.7. The Morgan fingerprint density at radius 2 is 1.93 bits per heavy atom. The number of piperidine rings is 1. The molecule has 1 amide bonds. The number of ether oxygens (including phenoxy) is 2. The second-order valence-corrected chi connectivity index (χ2v) is 11.8. The largest absolute Gasteiger partial charge is 0.478 e. The predicted octanol–water partition coefficient (Wildman–Crippen LogP) is 3.54. The lowest BCUT2D eigenvalue weighted by Crippen LogP contribution is -2.49. The van der Waals surface area contributed by atoms with Gasteiger partial charge in [-0.05, 0) is 63.4 Å². The predicted molar refractivity (Wildman–Crippen MR) is 148 cm³/mol. The zero-order chi connectivity index (χ0) is 27.3. The summed E-state index contributed by atoms with van der Waals surface area (Å²) in [6, 6.07) is 6.08. The van der Waals surface area contributed by atoms with Crippen molar-refractivity contribution in [2.24, 2.45) is 7.05 Å². The van der Waals surface area contributed by atoms with Crippen LogP contribution in [0.5, 0.6) is 5.88 Å². The van der Waals surface area contributed by atoms with E-state index in [-0.39, 0.29) is 11.3 Å². The summed E-state index contributed by atoms with van der Waals surface area (Å²) in [5.41, 5.74) is 4.76. The summed E-state index contributed by atoms with van der Waals surface area (Å²) in [5.74, 6) is 2.49. The van der Waals surface area contributed by atoms with Crippen molar-refractivity contribution in [1.29, 1.82) is 0 Å². The van der Waals surface area contributed by atoms with Crippen molar-refractivity contribution < 1.29 is 14.3 Å². The van der Waals surface area contributed by atoms with Crippen LogP contribution in [0.4, 0.5) is 5.82 Å². The zero-order valence-corrected chi connectivity index (χ0v) is 23.4. The van der Waals surface area contributed by atoms with Gasteiger partial charge in [0.1, 0.15) is 18.0 Å². The van der Waals surface area contributed by atoms with Crippen LogP contribution >= 0.6 is 0 Å². The van der Waals surface area contributed by atoms with Gasteiger partial charge < -0.3 is 14.0 Å². The number of likely N-dealkylation sites (tertiary alicyclic amines) is 1. The minimum atomic E-state index is -0.275. The Balaban J connectivity index is 1.23. The molecule has 4 aliphatic rings. The molecule has 0 atom stereocenters. The van der Waals surface area contributed by atoms with Crippen molar-refractivity contribution in [2.75, 3.05) is 37.8 Å². The number of pyridine rings is 2.